The Morgan fingerprint density at radius 2 is 1.52 bits per heavy atom. The number of hydrogen-bond donors (Lipinski definition) is 3. The number of nitrogens with one attached hydrogen (secondary N) is 2. The van der Waals surface area contributed by atoms with Gasteiger partial charge in [-0.1, -0.05) is 36.4 Å². The molecule has 1 aliphatic heterocycles. The smallest absolute Gasteiger partial charge is 0.207 e. The number of hydrogen-bond acceptors (Lipinski definition) is 5. The van der Waals surface area contributed by atoms with Crippen LogP contribution < -0.4 is 16.4 Å². The average Bonchev–Trinajstić information content (AvgIpc) is 3.20. The van der Waals surface area contributed by atoms with Crippen LogP contribution in [0.5, 0.6) is 0 Å². The second-order valence-corrected chi connectivity index (χ2v) is 9.13. The van der Waals surface area contributed by atoms with Crippen LogP contribution in [0.1, 0.15) is 60.1 Å². The summed E-state index contributed by atoms with van der Waals surface area (Å²) in [7, 11) is 0. The number of carbonyl (C=O) groups is 2. The maximum absolute atomic E-state index is 10.8. The normalized spacial score (nSPS) is 17.1. The summed E-state index contributed by atoms with van der Waals surface area (Å²) in [6.07, 6.45) is 4.63. The molecule has 33 heavy (non-hydrogen) atoms. The molecule has 7 nitrogen and oxygen atoms in total. The maximum Gasteiger partial charge on any atom is 0.207 e. The highest BCUT2D eigenvalue weighted by Gasteiger charge is 2.45. The van der Waals surface area contributed by atoms with E-state index < -0.39 is 5.41 Å². The predicted molar refractivity (Wildman–Crippen MR) is 130 cm³/mol. The number of aryl methyl sites for hydroxylation is 2. The number of nitrogens with two attached hydrogens (primary N) is 1. The highest BCUT2D eigenvalue weighted by atomic mass is 16.1. The van der Waals surface area contributed by atoms with E-state index in [9.17, 15) is 9.59 Å². The largest absolute Gasteiger partial charge is 0.355 e. The van der Waals surface area contributed by atoms with E-state index in [0.717, 1.165) is 48.2 Å². The Bertz CT molecular complexity index is 1060. The van der Waals surface area contributed by atoms with Gasteiger partial charge in [-0.25, -0.2) is 0 Å². The van der Waals surface area contributed by atoms with Crippen molar-refractivity contribution in [3.05, 3.63) is 69.8 Å². The molecule has 4 N–H and O–H groups in total. The first-order valence-electron chi connectivity index (χ1n) is 11.4. The zero-order chi connectivity index (χ0) is 23.4. The molecule has 0 radical (unpaired) electrons. The third-order valence-electron chi connectivity index (χ3n) is 6.59. The van der Waals surface area contributed by atoms with Gasteiger partial charge in [-0.3, -0.25) is 9.59 Å². The maximum atomic E-state index is 10.8. The van der Waals surface area contributed by atoms with Crippen LogP contribution in [-0.2, 0) is 40.9 Å². The number of rotatable bonds is 9. The molecule has 172 valence electrons. The molecule has 1 heterocycles. The second kappa shape index (κ2) is 9.67. The molecule has 0 bridgehead atoms. The van der Waals surface area contributed by atoms with Crippen molar-refractivity contribution in [3.8, 4) is 0 Å². The number of nitrogens with zero attached hydrogens (tertiary/aromatic N) is 2. The molecular weight excluding hydrogens is 414 g/mol. The Morgan fingerprint density at radius 1 is 0.970 bits per heavy atom. The van der Waals surface area contributed by atoms with Crippen molar-refractivity contribution in [3.63, 3.8) is 0 Å². The summed E-state index contributed by atoms with van der Waals surface area (Å²) in [5.41, 5.74) is 15.1. The summed E-state index contributed by atoms with van der Waals surface area (Å²) in [5.74, 6) is 0. The van der Waals surface area contributed by atoms with Crippen LogP contribution >= 0.6 is 0 Å². The fraction of sp³-hybridized carbons (Fsp3) is 0.385. The van der Waals surface area contributed by atoms with Crippen molar-refractivity contribution in [2.75, 3.05) is 0 Å². The molecule has 0 unspecified atom stereocenters. The van der Waals surface area contributed by atoms with Crippen LogP contribution in [-0.4, -0.2) is 30.3 Å². The highest BCUT2D eigenvalue weighted by molar-refractivity contribution is 6.13. The molecule has 0 saturated carbocycles. The molecule has 1 atom stereocenters. The van der Waals surface area contributed by atoms with Crippen molar-refractivity contribution in [1.82, 2.24) is 10.6 Å². The van der Waals surface area contributed by atoms with Gasteiger partial charge in [0.05, 0.1) is 11.1 Å². The second-order valence-electron chi connectivity index (χ2n) is 9.13. The van der Waals surface area contributed by atoms with Gasteiger partial charge in [-0.05, 0) is 66.5 Å². The van der Waals surface area contributed by atoms with E-state index in [-0.39, 0.29) is 6.04 Å². The summed E-state index contributed by atoms with van der Waals surface area (Å²) >= 11 is 0. The van der Waals surface area contributed by atoms with E-state index in [1.54, 1.807) is 0 Å². The van der Waals surface area contributed by atoms with Crippen LogP contribution in [0.4, 0.5) is 0 Å². The summed E-state index contributed by atoms with van der Waals surface area (Å²) in [4.78, 5) is 21.7. The van der Waals surface area contributed by atoms with Crippen LogP contribution in [0.2, 0.25) is 0 Å². The third-order valence-corrected chi connectivity index (χ3v) is 6.59. The lowest BCUT2D eigenvalue weighted by Crippen LogP contribution is -2.42. The lowest BCUT2D eigenvalue weighted by Gasteiger charge is -2.38. The van der Waals surface area contributed by atoms with E-state index >= 15 is 0 Å². The lowest BCUT2D eigenvalue weighted by atomic mass is 9.64. The standard InChI is InChI=1S/C26H31N5O2/c1-17(27)12-26(25-9-18(2)30-31-25)23-7-3-19(13-28-15-32)10-21(23)5-6-22-11-20(14-29-16-33)4-8-24(22)26/h3-4,7-8,10-11,15-17H,5-6,9,12-14,27H2,1-2H3,(H,28,32)(H,29,33)/t17-/m1/s1. The molecule has 0 spiro atoms. The van der Waals surface area contributed by atoms with Crippen molar-refractivity contribution < 1.29 is 9.59 Å². The Balaban J connectivity index is 1.92. The zero-order valence-electron chi connectivity index (χ0n) is 19.2. The molecule has 0 fully saturated rings. The Hall–Kier alpha value is -3.32. The van der Waals surface area contributed by atoms with Crippen molar-refractivity contribution in [2.45, 2.75) is 64.1 Å². The molecule has 2 amide bonds. The predicted octanol–water partition coefficient (Wildman–Crippen LogP) is 2.52. The van der Waals surface area contributed by atoms with Crippen molar-refractivity contribution in [1.29, 1.82) is 0 Å². The number of benzene rings is 2. The fourth-order valence-corrected chi connectivity index (χ4v) is 5.32. The van der Waals surface area contributed by atoms with Gasteiger partial charge in [0.2, 0.25) is 12.8 Å². The van der Waals surface area contributed by atoms with Gasteiger partial charge < -0.3 is 16.4 Å². The molecule has 2 aromatic carbocycles. The third kappa shape index (κ3) is 4.46. The van der Waals surface area contributed by atoms with Gasteiger partial charge in [-0.15, -0.1) is 0 Å². The van der Waals surface area contributed by atoms with Gasteiger partial charge in [0.1, 0.15) is 0 Å². The van der Waals surface area contributed by atoms with E-state index in [4.69, 9.17) is 5.73 Å². The molecular formula is C26H31N5O2. The van der Waals surface area contributed by atoms with E-state index in [1.165, 1.54) is 22.3 Å². The first kappa shape index (κ1) is 22.9. The summed E-state index contributed by atoms with van der Waals surface area (Å²) in [6.45, 7) is 5.04. The monoisotopic (exact) mass is 445 g/mol. The van der Waals surface area contributed by atoms with E-state index in [0.29, 0.717) is 25.9 Å². The van der Waals surface area contributed by atoms with Gasteiger partial charge in [0.15, 0.2) is 0 Å². The fourth-order valence-electron chi connectivity index (χ4n) is 5.32. The Morgan fingerprint density at radius 3 is 1.94 bits per heavy atom. The molecule has 4 rings (SSSR count). The minimum absolute atomic E-state index is 0.0554. The van der Waals surface area contributed by atoms with Gasteiger partial charge in [0, 0.05) is 31.3 Å². The van der Waals surface area contributed by atoms with E-state index in [2.05, 4.69) is 57.2 Å². The van der Waals surface area contributed by atoms with E-state index in [1.807, 2.05) is 13.8 Å². The first-order chi connectivity index (χ1) is 16.0. The topological polar surface area (TPSA) is 109 Å². The molecule has 1 aliphatic carbocycles. The summed E-state index contributed by atoms with van der Waals surface area (Å²) in [5, 5.41) is 14.6. The molecule has 2 aromatic rings. The number of carbonyl (C=O) groups excluding carboxylic acids is 2. The van der Waals surface area contributed by atoms with Crippen molar-refractivity contribution in [2.24, 2.45) is 15.9 Å². The van der Waals surface area contributed by atoms with Crippen LogP contribution in [0, 0.1) is 0 Å². The molecule has 7 heteroatoms. The first-order valence-corrected chi connectivity index (χ1v) is 11.4. The van der Waals surface area contributed by atoms with Gasteiger partial charge in [-0.2, -0.15) is 10.2 Å². The molecule has 2 aliphatic rings. The Kier molecular flexibility index (Phi) is 6.70. The Labute approximate surface area is 194 Å². The van der Waals surface area contributed by atoms with Crippen LogP contribution in [0.15, 0.2) is 46.6 Å². The molecule has 0 aromatic heterocycles. The summed E-state index contributed by atoms with van der Waals surface area (Å²) < 4.78 is 0. The van der Waals surface area contributed by atoms with Gasteiger partial charge in [0.25, 0.3) is 0 Å². The summed E-state index contributed by atoms with van der Waals surface area (Å²) in [6, 6.07) is 12.9. The quantitative estimate of drug-likeness (QED) is 0.516. The van der Waals surface area contributed by atoms with Crippen molar-refractivity contribution >= 4 is 24.2 Å². The van der Waals surface area contributed by atoms with Gasteiger partial charge >= 0.3 is 0 Å². The minimum Gasteiger partial charge on any atom is -0.355 e. The number of amides is 2. The highest BCUT2D eigenvalue weighted by Crippen LogP contribution is 2.46. The minimum atomic E-state index is -0.482. The SMILES string of the molecule is CC1=NN=C(C2(C[C@@H](C)N)c3ccc(CNC=O)cc3CCc3cc(CNC=O)ccc32)C1. The van der Waals surface area contributed by atoms with Crippen LogP contribution in [0.25, 0.3) is 0 Å². The zero-order valence-corrected chi connectivity index (χ0v) is 19.2. The molecule has 0 saturated heterocycles. The lowest BCUT2D eigenvalue weighted by molar-refractivity contribution is -0.110. The average molecular weight is 446 g/mol. The van der Waals surface area contributed by atoms with Crippen LogP contribution in [0.3, 0.4) is 0 Å². The number of fused-ring (bicyclic) bond motifs is 2.